The SMILES string of the molecule is COCC(SCO)C(C)Cn1cnc2c(N)ncnc21. The molecule has 0 aliphatic carbocycles. The lowest BCUT2D eigenvalue weighted by molar-refractivity contribution is 0.181. The Balaban J connectivity index is 2.16. The molecule has 2 aromatic heterocycles. The Labute approximate surface area is 121 Å². The number of fused-ring (bicyclic) bond motifs is 1. The van der Waals surface area contributed by atoms with Crippen LogP contribution in [0.1, 0.15) is 6.92 Å². The van der Waals surface area contributed by atoms with Crippen molar-refractivity contribution >= 4 is 28.7 Å². The van der Waals surface area contributed by atoms with Gasteiger partial charge in [-0.1, -0.05) is 6.92 Å². The highest BCUT2D eigenvalue weighted by molar-refractivity contribution is 7.99. The second-order valence-electron chi connectivity index (χ2n) is 4.59. The molecule has 0 amide bonds. The largest absolute Gasteiger partial charge is 0.386 e. The van der Waals surface area contributed by atoms with Crippen LogP contribution in [-0.4, -0.2) is 49.5 Å². The van der Waals surface area contributed by atoms with E-state index in [2.05, 4.69) is 21.9 Å². The molecular formula is C12H19N5O2S. The smallest absolute Gasteiger partial charge is 0.165 e. The van der Waals surface area contributed by atoms with Gasteiger partial charge in [-0.3, -0.25) is 0 Å². The molecule has 2 heterocycles. The molecule has 0 saturated heterocycles. The van der Waals surface area contributed by atoms with Gasteiger partial charge in [-0.15, -0.1) is 11.8 Å². The second kappa shape index (κ2) is 6.87. The van der Waals surface area contributed by atoms with Crippen LogP contribution in [0.3, 0.4) is 0 Å². The Morgan fingerprint density at radius 1 is 1.45 bits per heavy atom. The molecule has 0 bridgehead atoms. The lowest BCUT2D eigenvalue weighted by Crippen LogP contribution is -2.24. The van der Waals surface area contributed by atoms with Gasteiger partial charge in [0.15, 0.2) is 11.5 Å². The van der Waals surface area contributed by atoms with Crippen LogP contribution in [-0.2, 0) is 11.3 Å². The Morgan fingerprint density at radius 2 is 2.25 bits per heavy atom. The first kappa shape index (κ1) is 15.0. The fourth-order valence-corrected chi connectivity index (χ4v) is 2.94. The summed E-state index contributed by atoms with van der Waals surface area (Å²) in [7, 11) is 1.66. The molecule has 110 valence electrons. The van der Waals surface area contributed by atoms with Crippen LogP contribution in [0.5, 0.6) is 0 Å². The Hall–Kier alpha value is -1.38. The van der Waals surface area contributed by atoms with Crippen LogP contribution in [0.2, 0.25) is 0 Å². The summed E-state index contributed by atoms with van der Waals surface area (Å²) in [5.74, 6) is 0.762. The summed E-state index contributed by atoms with van der Waals surface area (Å²) in [6.45, 7) is 3.44. The third-order valence-electron chi connectivity index (χ3n) is 3.17. The Bertz CT molecular complexity index is 556. The van der Waals surface area contributed by atoms with E-state index < -0.39 is 0 Å². The maximum atomic E-state index is 9.10. The van der Waals surface area contributed by atoms with Gasteiger partial charge in [0.25, 0.3) is 0 Å². The van der Waals surface area contributed by atoms with Crippen molar-refractivity contribution in [2.24, 2.45) is 5.92 Å². The third kappa shape index (κ3) is 3.20. The number of methoxy groups -OCH3 is 1. The third-order valence-corrected chi connectivity index (χ3v) is 4.35. The molecule has 0 radical (unpaired) electrons. The van der Waals surface area contributed by atoms with Gasteiger partial charge in [0.2, 0.25) is 0 Å². The average Bonchev–Trinajstić information content (AvgIpc) is 2.83. The van der Waals surface area contributed by atoms with Crippen molar-refractivity contribution in [1.29, 1.82) is 0 Å². The number of nitrogens with zero attached hydrogens (tertiary/aromatic N) is 4. The van der Waals surface area contributed by atoms with E-state index in [0.29, 0.717) is 23.9 Å². The van der Waals surface area contributed by atoms with Gasteiger partial charge in [0, 0.05) is 18.9 Å². The predicted octanol–water partition coefficient (Wildman–Crippen LogP) is 0.743. The number of hydrogen-bond donors (Lipinski definition) is 2. The number of nitrogens with two attached hydrogens (primary N) is 1. The first-order chi connectivity index (χ1) is 9.67. The van der Waals surface area contributed by atoms with Crippen LogP contribution >= 0.6 is 11.8 Å². The summed E-state index contributed by atoms with van der Waals surface area (Å²) in [6.07, 6.45) is 3.16. The molecule has 2 unspecified atom stereocenters. The van der Waals surface area contributed by atoms with Crippen molar-refractivity contribution in [1.82, 2.24) is 19.5 Å². The van der Waals surface area contributed by atoms with E-state index in [0.717, 1.165) is 12.2 Å². The van der Waals surface area contributed by atoms with E-state index in [1.807, 2.05) is 4.57 Å². The van der Waals surface area contributed by atoms with Gasteiger partial charge < -0.3 is 20.1 Å². The van der Waals surface area contributed by atoms with Crippen molar-refractivity contribution in [2.75, 3.05) is 25.4 Å². The Morgan fingerprint density at radius 3 is 2.95 bits per heavy atom. The molecule has 0 saturated carbocycles. The van der Waals surface area contributed by atoms with Crippen LogP contribution in [0, 0.1) is 5.92 Å². The summed E-state index contributed by atoms with van der Waals surface area (Å²) < 4.78 is 7.16. The fraction of sp³-hybridized carbons (Fsp3) is 0.583. The predicted molar refractivity (Wildman–Crippen MR) is 79.2 cm³/mol. The van der Waals surface area contributed by atoms with E-state index >= 15 is 0 Å². The number of rotatable bonds is 7. The molecule has 0 aliphatic heterocycles. The van der Waals surface area contributed by atoms with Gasteiger partial charge in [-0.05, 0) is 5.92 Å². The number of nitrogen functional groups attached to an aromatic ring is 1. The number of thioether (sulfide) groups is 1. The van der Waals surface area contributed by atoms with E-state index in [1.54, 1.807) is 13.4 Å². The molecule has 20 heavy (non-hydrogen) atoms. The van der Waals surface area contributed by atoms with Crippen molar-refractivity contribution in [3.63, 3.8) is 0 Å². The van der Waals surface area contributed by atoms with E-state index in [-0.39, 0.29) is 11.2 Å². The molecule has 2 atom stereocenters. The van der Waals surface area contributed by atoms with Gasteiger partial charge in [0.05, 0.1) is 18.9 Å². The molecule has 0 aliphatic rings. The zero-order chi connectivity index (χ0) is 14.5. The van der Waals surface area contributed by atoms with Crippen molar-refractivity contribution < 1.29 is 9.84 Å². The van der Waals surface area contributed by atoms with Crippen LogP contribution in [0.25, 0.3) is 11.2 Å². The zero-order valence-electron chi connectivity index (χ0n) is 11.6. The quantitative estimate of drug-likeness (QED) is 0.727. The minimum atomic E-state index is 0.0815. The molecule has 2 rings (SSSR count). The fourth-order valence-electron chi connectivity index (χ4n) is 2.10. The van der Waals surface area contributed by atoms with Crippen molar-refractivity contribution in [3.05, 3.63) is 12.7 Å². The molecule has 7 nitrogen and oxygen atoms in total. The first-order valence-electron chi connectivity index (χ1n) is 6.30. The summed E-state index contributed by atoms with van der Waals surface area (Å²) in [5.41, 5.74) is 7.13. The van der Waals surface area contributed by atoms with Gasteiger partial charge in [-0.2, -0.15) is 0 Å². The molecule has 2 aromatic rings. The van der Waals surface area contributed by atoms with Crippen LogP contribution < -0.4 is 5.73 Å². The van der Waals surface area contributed by atoms with Crippen molar-refractivity contribution in [2.45, 2.75) is 18.7 Å². The molecule has 8 heteroatoms. The van der Waals surface area contributed by atoms with Crippen molar-refractivity contribution in [3.8, 4) is 0 Å². The Kier molecular flexibility index (Phi) is 5.16. The summed E-state index contributed by atoms with van der Waals surface area (Å²) in [6, 6.07) is 0. The maximum Gasteiger partial charge on any atom is 0.165 e. The summed E-state index contributed by atoms with van der Waals surface area (Å²) >= 11 is 1.48. The summed E-state index contributed by atoms with van der Waals surface area (Å²) in [4.78, 5) is 12.4. The maximum absolute atomic E-state index is 9.10. The number of imidazole rings is 1. The standard InChI is InChI=1S/C12H19N5O2S/c1-8(9(4-19-2)20-7-18)3-17-6-16-10-11(13)14-5-15-12(10)17/h5-6,8-9,18H,3-4,7H2,1-2H3,(H2,13,14,15). The lowest BCUT2D eigenvalue weighted by Gasteiger charge is -2.22. The van der Waals surface area contributed by atoms with Crippen LogP contribution in [0.4, 0.5) is 5.82 Å². The van der Waals surface area contributed by atoms with Gasteiger partial charge >= 0.3 is 0 Å². The number of ether oxygens (including phenoxy) is 1. The van der Waals surface area contributed by atoms with Gasteiger partial charge in [0.1, 0.15) is 11.8 Å². The molecule has 3 N–H and O–H groups in total. The molecule has 0 spiro atoms. The van der Waals surface area contributed by atoms with Crippen LogP contribution in [0.15, 0.2) is 12.7 Å². The number of aromatic nitrogens is 4. The minimum absolute atomic E-state index is 0.0815. The van der Waals surface area contributed by atoms with Gasteiger partial charge in [-0.25, -0.2) is 15.0 Å². The highest BCUT2D eigenvalue weighted by Gasteiger charge is 2.19. The molecule has 0 fully saturated rings. The second-order valence-corrected chi connectivity index (χ2v) is 5.79. The lowest BCUT2D eigenvalue weighted by atomic mass is 10.1. The number of hydrogen-bond acceptors (Lipinski definition) is 7. The normalized spacial score (nSPS) is 14.6. The monoisotopic (exact) mass is 297 g/mol. The van der Waals surface area contributed by atoms with E-state index in [9.17, 15) is 0 Å². The molecule has 0 aromatic carbocycles. The number of aliphatic hydroxyl groups is 1. The molecular weight excluding hydrogens is 278 g/mol. The highest BCUT2D eigenvalue weighted by Crippen LogP contribution is 2.23. The minimum Gasteiger partial charge on any atom is -0.386 e. The zero-order valence-corrected chi connectivity index (χ0v) is 12.4. The van der Waals surface area contributed by atoms with E-state index in [1.165, 1.54) is 18.1 Å². The first-order valence-corrected chi connectivity index (χ1v) is 7.35. The topological polar surface area (TPSA) is 99.1 Å². The number of aliphatic hydroxyl groups excluding tert-OH is 1. The number of anilines is 1. The highest BCUT2D eigenvalue weighted by atomic mass is 32.2. The average molecular weight is 297 g/mol. The van der Waals surface area contributed by atoms with E-state index in [4.69, 9.17) is 15.6 Å². The summed E-state index contributed by atoms with van der Waals surface area (Å²) in [5, 5.41) is 9.31.